The largest absolute Gasteiger partial charge is 0.160 e. The second-order valence-electron chi connectivity index (χ2n) is 3.60. The molecule has 0 bridgehead atoms. The van der Waals surface area contributed by atoms with Crippen LogP contribution in [0, 0.1) is 0 Å². The molecule has 0 spiro atoms. The summed E-state index contributed by atoms with van der Waals surface area (Å²) in [6, 6.07) is 0. The molecule has 1 unspecified atom stereocenters. The second-order valence-corrected chi connectivity index (χ2v) is 8.83. The maximum Gasteiger partial charge on any atom is 0.0231 e. The summed E-state index contributed by atoms with van der Waals surface area (Å²) >= 11 is 8.61. The lowest BCUT2D eigenvalue weighted by atomic mass is 10.5. The minimum absolute atomic E-state index is 0.876. The molecule has 0 amide bonds. The third-order valence-electron chi connectivity index (χ3n) is 2.21. The summed E-state index contributed by atoms with van der Waals surface area (Å²) in [6.45, 7) is 2.40. The Hall–Kier alpha value is 1.40. The molecule has 13 heavy (non-hydrogen) atoms. The van der Waals surface area contributed by atoms with Crippen molar-refractivity contribution < 1.29 is 0 Å². The quantitative estimate of drug-likeness (QED) is 0.737. The monoisotopic (exact) mass is 252 g/mol. The zero-order chi connectivity index (χ0) is 9.10. The predicted molar refractivity (Wildman–Crippen MR) is 71.7 cm³/mol. The van der Waals surface area contributed by atoms with Gasteiger partial charge >= 0.3 is 0 Å². The molecule has 0 N–H and O–H groups in total. The van der Waals surface area contributed by atoms with E-state index in [1.54, 1.807) is 0 Å². The van der Waals surface area contributed by atoms with E-state index in [4.69, 9.17) is 0 Å². The molecule has 0 aromatic rings. The molecule has 2 rings (SSSR count). The highest BCUT2D eigenvalue weighted by Crippen LogP contribution is 2.35. The Bertz CT molecular complexity index is 154. The smallest absolute Gasteiger partial charge is 0.0231 e. The average Bonchev–Trinajstić information content (AvgIpc) is 1.94. The van der Waals surface area contributed by atoms with Gasteiger partial charge < -0.3 is 0 Å². The van der Waals surface area contributed by atoms with Crippen molar-refractivity contribution in [1.82, 2.24) is 0 Å². The van der Waals surface area contributed by atoms with Crippen LogP contribution in [0.4, 0.5) is 0 Å². The maximum atomic E-state index is 2.40. The molecule has 2 aliphatic rings. The fourth-order valence-electron chi connectivity index (χ4n) is 1.24. The Morgan fingerprint density at radius 1 is 1.15 bits per heavy atom. The fourth-order valence-corrected chi connectivity index (χ4v) is 6.40. The molecule has 2 aliphatic heterocycles. The highest BCUT2D eigenvalue weighted by atomic mass is 32.2. The molecular formula is C9H16S4. The molecule has 2 saturated heterocycles. The number of hydrogen-bond acceptors (Lipinski definition) is 4. The van der Waals surface area contributed by atoms with Crippen LogP contribution < -0.4 is 0 Å². The van der Waals surface area contributed by atoms with E-state index >= 15 is 0 Å². The van der Waals surface area contributed by atoms with Gasteiger partial charge in [-0.05, 0) is 0 Å². The second kappa shape index (κ2) is 5.47. The van der Waals surface area contributed by atoms with Gasteiger partial charge in [-0.15, -0.1) is 0 Å². The minimum Gasteiger partial charge on any atom is -0.160 e. The van der Waals surface area contributed by atoms with Gasteiger partial charge in [-0.1, -0.05) is 6.92 Å². The van der Waals surface area contributed by atoms with Crippen molar-refractivity contribution in [3.05, 3.63) is 0 Å². The molecular weight excluding hydrogens is 236 g/mol. The van der Waals surface area contributed by atoms with Crippen LogP contribution in [0.1, 0.15) is 6.92 Å². The molecule has 1 atom stereocenters. The SMILES string of the molecule is CC(CSC1CSC1)SC1CSC1. The third kappa shape index (κ3) is 3.47. The average molecular weight is 252 g/mol. The summed E-state index contributed by atoms with van der Waals surface area (Å²) in [7, 11) is 0. The Morgan fingerprint density at radius 3 is 2.23 bits per heavy atom. The molecule has 0 aromatic heterocycles. The topological polar surface area (TPSA) is 0 Å². The van der Waals surface area contributed by atoms with Gasteiger partial charge in [0.2, 0.25) is 0 Å². The van der Waals surface area contributed by atoms with Crippen LogP contribution in [0.5, 0.6) is 0 Å². The summed E-state index contributed by atoms with van der Waals surface area (Å²) in [6.07, 6.45) is 0. The lowest BCUT2D eigenvalue weighted by molar-refractivity contribution is 1.03. The van der Waals surface area contributed by atoms with Gasteiger partial charge in [-0.25, -0.2) is 0 Å². The summed E-state index contributed by atoms with van der Waals surface area (Å²) < 4.78 is 0. The van der Waals surface area contributed by atoms with E-state index in [9.17, 15) is 0 Å². The van der Waals surface area contributed by atoms with Crippen molar-refractivity contribution in [3.63, 3.8) is 0 Å². The minimum atomic E-state index is 0.876. The Morgan fingerprint density at radius 2 is 1.77 bits per heavy atom. The number of rotatable bonds is 5. The van der Waals surface area contributed by atoms with E-state index in [1.807, 2.05) is 0 Å². The van der Waals surface area contributed by atoms with Gasteiger partial charge in [0.15, 0.2) is 0 Å². The molecule has 4 heteroatoms. The van der Waals surface area contributed by atoms with Crippen molar-refractivity contribution >= 4 is 47.0 Å². The number of hydrogen-bond donors (Lipinski definition) is 0. The number of thioether (sulfide) groups is 4. The lowest BCUT2D eigenvalue weighted by Crippen LogP contribution is -2.26. The van der Waals surface area contributed by atoms with E-state index in [-0.39, 0.29) is 0 Å². The molecule has 2 fully saturated rings. The van der Waals surface area contributed by atoms with E-state index in [1.165, 1.54) is 28.8 Å². The van der Waals surface area contributed by atoms with Crippen molar-refractivity contribution in [1.29, 1.82) is 0 Å². The molecule has 0 radical (unpaired) electrons. The predicted octanol–water partition coefficient (Wildman–Crippen LogP) is 3.07. The zero-order valence-electron chi connectivity index (χ0n) is 7.90. The molecule has 76 valence electrons. The van der Waals surface area contributed by atoms with Crippen molar-refractivity contribution in [2.24, 2.45) is 0 Å². The van der Waals surface area contributed by atoms with Crippen LogP contribution in [0.3, 0.4) is 0 Å². The van der Waals surface area contributed by atoms with Gasteiger partial charge in [0, 0.05) is 44.5 Å². The summed E-state index contributed by atoms with van der Waals surface area (Å²) in [4.78, 5) is 0. The summed E-state index contributed by atoms with van der Waals surface area (Å²) in [5, 5.41) is 2.85. The fraction of sp³-hybridized carbons (Fsp3) is 1.00. The highest BCUT2D eigenvalue weighted by molar-refractivity contribution is 8.09. The Kier molecular flexibility index (Phi) is 4.59. The van der Waals surface area contributed by atoms with E-state index < -0.39 is 0 Å². The van der Waals surface area contributed by atoms with Crippen molar-refractivity contribution in [3.8, 4) is 0 Å². The van der Waals surface area contributed by atoms with Gasteiger partial charge in [0.25, 0.3) is 0 Å². The molecule has 0 aliphatic carbocycles. The molecule has 0 aromatic carbocycles. The van der Waals surface area contributed by atoms with Crippen LogP contribution in [0.25, 0.3) is 0 Å². The first-order chi connectivity index (χ1) is 6.34. The van der Waals surface area contributed by atoms with Gasteiger partial charge in [-0.3, -0.25) is 0 Å². The van der Waals surface area contributed by atoms with Crippen LogP contribution in [-0.2, 0) is 0 Å². The van der Waals surface area contributed by atoms with Crippen molar-refractivity contribution in [2.75, 3.05) is 28.8 Å². The summed E-state index contributed by atoms with van der Waals surface area (Å²) in [5.41, 5.74) is 0. The van der Waals surface area contributed by atoms with E-state index in [2.05, 4.69) is 54.0 Å². The van der Waals surface area contributed by atoms with Crippen LogP contribution in [-0.4, -0.2) is 44.5 Å². The van der Waals surface area contributed by atoms with E-state index in [0.717, 1.165) is 15.7 Å². The van der Waals surface area contributed by atoms with Crippen LogP contribution in [0.15, 0.2) is 0 Å². The molecule has 2 heterocycles. The zero-order valence-corrected chi connectivity index (χ0v) is 11.2. The first-order valence-corrected chi connectivity index (χ1v) is 9.07. The standard InChI is InChI=1S/C9H16S4/c1-7(13-9-5-11-6-9)2-12-8-3-10-4-8/h7-9H,2-6H2,1H3. The van der Waals surface area contributed by atoms with Gasteiger partial charge in [0.1, 0.15) is 0 Å². The van der Waals surface area contributed by atoms with E-state index in [0.29, 0.717) is 0 Å². The van der Waals surface area contributed by atoms with Gasteiger partial charge in [0.05, 0.1) is 0 Å². The molecule has 0 saturated carbocycles. The third-order valence-corrected chi connectivity index (χ3v) is 8.66. The molecule has 0 nitrogen and oxygen atoms in total. The van der Waals surface area contributed by atoms with Gasteiger partial charge in [-0.2, -0.15) is 47.0 Å². The summed E-state index contributed by atoms with van der Waals surface area (Å²) in [5.74, 6) is 6.98. The highest BCUT2D eigenvalue weighted by Gasteiger charge is 2.23. The van der Waals surface area contributed by atoms with Crippen molar-refractivity contribution in [2.45, 2.75) is 22.7 Å². The maximum absolute atomic E-state index is 2.40. The van der Waals surface area contributed by atoms with Crippen LogP contribution >= 0.6 is 47.0 Å². The van der Waals surface area contributed by atoms with Crippen LogP contribution in [0.2, 0.25) is 0 Å². The lowest BCUT2D eigenvalue weighted by Gasteiger charge is -2.29. The first kappa shape index (κ1) is 10.9. The Balaban J connectivity index is 1.52. The Labute approximate surface area is 98.1 Å². The first-order valence-electron chi connectivity index (χ1n) is 4.77. The normalized spacial score (nSPS) is 26.5.